The minimum Gasteiger partial charge on any atom is -0.329 e. The zero-order chi connectivity index (χ0) is 14.7. The molecule has 1 aromatic carbocycles. The Kier molecular flexibility index (Phi) is 5.55. The summed E-state index contributed by atoms with van der Waals surface area (Å²) in [6, 6.07) is 5.17. The lowest BCUT2D eigenvalue weighted by molar-refractivity contribution is 0.363. The van der Waals surface area contributed by atoms with Crippen LogP contribution in [-0.2, 0) is 10.0 Å². The van der Waals surface area contributed by atoms with Crippen LogP contribution in [0.3, 0.4) is 0 Å². The molecule has 19 heavy (non-hydrogen) atoms. The Morgan fingerprint density at radius 1 is 1.32 bits per heavy atom. The maximum Gasteiger partial charge on any atom is 0.242 e. The Morgan fingerprint density at radius 2 is 1.89 bits per heavy atom. The molecule has 0 amide bonds. The van der Waals surface area contributed by atoms with Crippen molar-refractivity contribution in [3.05, 3.63) is 28.2 Å². The molecule has 0 heterocycles. The van der Waals surface area contributed by atoms with Gasteiger partial charge in [0.25, 0.3) is 0 Å². The molecule has 0 saturated carbocycles. The highest BCUT2D eigenvalue weighted by Gasteiger charge is 2.31. The van der Waals surface area contributed by atoms with E-state index in [4.69, 9.17) is 5.73 Å². The predicted octanol–water partition coefficient (Wildman–Crippen LogP) is 2.55. The summed E-state index contributed by atoms with van der Waals surface area (Å²) in [7, 11) is -3.58. The van der Waals surface area contributed by atoms with E-state index in [-0.39, 0.29) is 11.4 Å². The Hall–Kier alpha value is -0.430. The number of halogens is 1. The quantitative estimate of drug-likeness (QED) is 0.829. The molecule has 0 radical (unpaired) electrons. The first-order valence-electron chi connectivity index (χ1n) is 6.30. The largest absolute Gasteiger partial charge is 0.329 e. The second kappa shape index (κ2) is 6.35. The molecule has 3 N–H and O–H groups in total. The molecule has 1 aromatic rings. The highest BCUT2D eigenvalue weighted by molar-refractivity contribution is 9.10. The summed E-state index contributed by atoms with van der Waals surface area (Å²) in [6.45, 7) is 6.06. The van der Waals surface area contributed by atoms with Crippen LogP contribution >= 0.6 is 15.9 Å². The normalized spacial score (nSPS) is 12.7. The highest BCUT2D eigenvalue weighted by atomic mass is 79.9. The van der Waals surface area contributed by atoms with Gasteiger partial charge in [0.1, 0.15) is 0 Å². The smallest absolute Gasteiger partial charge is 0.242 e. The van der Waals surface area contributed by atoms with Gasteiger partial charge in [-0.2, -0.15) is 0 Å². The van der Waals surface area contributed by atoms with E-state index >= 15 is 0 Å². The lowest BCUT2D eigenvalue weighted by Gasteiger charge is -2.31. The van der Waals surface area contributed by atoms with Crippen LogP contribution in [-0.4, -0.2) is 20.5 Å². The van der Waals surface area contributed by atoms with Gasteiger partial charge in [-0.05, 0) is 53.4 Å². The molecular weight excluding hydrogens is 328 g/mol. The molecule has 108 valence electrons. The summed E-state index contributed by atoms with van der Waals surface area (Å²) in [6.07, 6.45) is 1.31. The number of sulfonamides is 1. The predicted molar refractivity (Wildman–Crippen MR) is 81.6 cm³/mol. The molecule has 0 spiro atoms. The van der Waals surface area contributed by atoms with E-state index in [1.54, 1.807) is 18.2 Å². The van der Waals surface area contributed by atoms with Gasteiger partial charge >= 0.3 is 0 Å². The summed E-state index contributed by atoms with van der Waals surface area (Å²) in [5.41, 5.74) is 6.16. The van der Waals surface area contributed by atoms with E-state index in [9.17, 15) is 8.42 Å². The molecule has 0 saturated heterocycles. The van der Waals surface area contributed by atoms with Crippen LogP contribution < -0.4 is 10.5 Å². The number of benzene rings is 1. The molecule has 0 unspecified atom stereocenters. The molecular formula is C13H21BrN2O2S. The standard InChI is InChI=1S/C13H21BrN2O2S/c1-4-13(5-2,9-15)16-19(17,18)12-7-6-10(3)8-11(12)14/h6-8,16H,4-5,9,15H2,1-3H3. The third-order valence-corrected chi connectivity index (χ3v) is 6.03. The van der Waals surface area contributed by atoms with E-state index < -0.39 is 15.6 Å². The van der Waals surface area contributed by atoms with Gasteiger partial charge < -0.3 is 5.73 Å². The summed E-state index contributed by atoms with van der Waals surface area (Å²) in [5, 5.41) is 0. The van der Waals surface area contributed by atoms with Crippen LogP contribution in [0.15, 0.2) is 27.6 Å². The van der Waals surface area contributed by atoms with Crippen molar-refractivity contribution in [2.45, 2.75) is 44.0 Å². The fourth-order valence-corrected chi connectivity index (χ4v) is 4.64. The minimum absolute atomic E-state index is 0.248. The van der Waals surface area contributed by atoms with Crippen LogP contribution in [0, 0.1) is 6.92 Å². The molecule has 0 fully saturated rings. The van der Waals surface area contributed by atoms with E-state index in [1.165, 1.54) is 0 Å². The Morgan fingerprint density at radius 3 is 2.32 bits per heavy atom. The fraction of sp³-hybridized carbons (Fsp3) is 0.538. The van der Waals surface area contributed by atoms with E-state index in [2.05, 4.69) is 20.7 Å². The maximum atomic E-state index is 12.5. The molecule has 0 aromatic heterocycles. The molecule has 0 aliphatic carbocycles. The van der Waals surface area contributed by atoms with Crippen LogP contribution in [0.25, 0.3) is 0 Å². The second-order valence-corrected chi connectivity index (χ2v) is 7.24. The maximum absolute atomic E-state index is 12.5. The first-order chi connectivity index (χ1) is 8.80. The first kappa shape index (κ1) is 16.6. The number of nitrogens with two attached hydrogens (primary N) is 1. The summed E-state index contributed by atoms with van der Waals surface area (Å²) >= 11 is 3.31. The van der Waals surface area contributed by atoms with Crippen LogP contribution in [0.5, 0.6) is 0 Å². The van der Waals surface area contributed by atoms with Crippen LogP contribution in [0.1, 0.15) is 32.3 Å². The van der Waals surface area contributed by atoms with Crippen molar-refractivity contribution in [2.75, 3.05) is 6.54 Å². The van der Waals surface area contributed by atoms with Gasteiger partial charge in [-0.3, -0.25) is 0 Å². The minimum atomic E-state index is -3.58. The number of aryl methyl sites for hydroxylation is 1. The number of nitrogens with one attached hydrogen (secondary N) is 1. The fourth-order valence-electron chi connectivity index (χ4n) is 1.89. The number of hydrogen-bond donors (Lipinski definition) is 2. The summed E-state index contributed by atoms with van der Waals surface area (Å²) < 4.78 is 28.2. The average molecular weight is 349 g/mol. The van der Waals surface area contributed by atoms with Gasteiger partial charge in [0, 0.05) is 16.6 Å². The first-order valence-corrected chi connectivity index (χ1v) is 8.58. The van der Waals surface area contributed by atoms with Gasteiger partial charge in [0.05, 0.1) is 4.90 Å². The summed E-state index contributed by atoms with van der Waals surface area (Å²) in [4.78, 5) is 0.248. The molecule has 0 bridgehead atoms. The Bertz CT molecular complexity index is 531. The van der Waals surface area contributed by atoms with Crippen molar-refractivity contribution < 1.29 is 8.42 Å². The van der Waals surface area contributed by atoms with Gasteiger partial charge in [0.2, 0.25) is 10.0 Å². The third-order valence-electron chi connectivity index (χ3n) is 3.47. The van der Waals surface area contributed by atoms with Gasteiger partial charge in [-0.1, -0.05) is 19.9 Å². The van der Waals surface area contributed by atoms with Crippen molar-refractivity contribution in [3.63, 3.8) is 0 Å². The van der Waals surface area contributed by atoms with Crippen molar-refractivity contribution >= 4 is 26.0 Å². The Labute approximate surface area is 124 Å². The van der Waals surface area contributed by atoms with Crippen molar-refractivity contribution in [1.82, 2.24) is 4.72 Å². The molecule has 1 rings (SSSR count). The van der Waals surface area contributed by atoms with Gasteiger partial charge in [0.15, 0.2) is 0 Å². The van der Waals surface area contributed by atoms with E-state index in [1.807, 2.05) is 20.8 Å². The molecule has 0 atom stereocenters. The second-order valence-electron chi connectivity index (χ2n) is 4.73. The molecule has 0 aliphatic heterocycles. The lowest BCUT2D eigenvalue weighted by atomic mass is 9.95. The Balaban J connectivity index is 3.17. The van der Waals surface area contributed by atoms with Gasteiger partial charge in [-0.15, -0.1) is 0 Å². The van der Waals surface area contributed by atoms with Crippen LogP contribution in [0.2, 0.25) is 0 Å². The SMILES string of the molecule is CCC(CC)(CN)NS(=O)(=O)c1ccc(C)cc1Br. The lowest BCUT2D eigenvalue weighted by Crippen LogP contribution is -2.52. The van der Waals surface area contributed by atoms with Crippen molar-refractivity contribution in [2.24, 2.45) is 5.73 Å². The third kappa shape index (κ3) is 3.78. The molecule has 6 heteroatoms. The van der Waals surface area contributed by atoms with Crippen molar-refractivity contribution in [1.29, 1.82) is 0 Å². The zero-order valence-corrected chi connectivity index (χ0v) is 13.9. The van der Waals surface area contributed by atoms with Gasteiger partial charge in [-0.25, -0.2) is 13.1 Å². The number of hydrogen-bond acceptors (Lipinski definition) is 3. The van der Waals surface area contributed by atoms with Crippen LogP contribution in [0.4, 0.5) is 0 Å². The molecule has 0 aliphatic rings. The van der Waals surface area contributed by atoms with E-state index in [0.29, 0.717) is 17.3 Å². The zero-order valence-electron chi connectivity index (χ0n) is 11.5. The summed E-state index contributed by atoms with van der Waals surface area (Å²) in [5.74, 6) is 0. The average Bonchev–Trinajstić information content (AvgIpc) is 2.35. The van der Waals surface area contributed by atoms with Crippen molar-refractivity contribution in [3.8, 4) is 0 Å². The number of rotatable bonds is 6. The van der Waals surface area contributed by atoms with E-state index in [0.717, 1.165) is 5.56 Å². The monoisotopic (exact) mass is 348 g/mol. The topological polar surface area (TPSA) is 72.2 Å². The highest BCUT2D eigenvalue weighted by Crippen LogP contribution is 2.25. The molecule has 4 nitrogen and oxygen atoms in total.